The largest absolute Gasteiger partial charge is 0.462 e. The molecule has 2 N–H and O–H groups in total. The number of ketones is 1. The maximum Gasteiger partial charge on any atom is 0.316 e. The van der Waals surface area contributed by atoms with Gasteiger partial charge < -0.3 is 57.6 Å². The minimum atomic E-state index is -1.84. The average Bonchev–Trinajstić information content (AvgIpc) is 3.58. The Hall–Kier alpha value is -2.60. The van der Waals surface area contributed by atoms with Gasteiger partial charge in [0.2, 0.25) is 0 Å². The summed E-state index contributed by atoms with van der Waals surface area (Å²) >= 11 is 0. The maximum atomic E-state index is 14.3. The molecule has 346 valence electrons. The number of rotatable bonds is 8. The lowest BCUT2D eigenvalue weighted by atomic mass is 9.71. The SMILES string of the molecule is CC[C@@H](C)[C@H]1O[C@]2(C=C[C@@H]1C)C[C@@H]1C[C@@H](C/C=C(\C)[C@@H](O[C@H]3C[C@H](OC)[C@@H](O[C@H]4C[C@H](OC)C(=O)[C@H](C)O4)[C@H](C)O3)[C@@H](C)/C=C/C=C3\CO[C@@H]4[C@H](O)C(C)=C[C@@H](C(=O)O1)[C@]34O)O2. The third-order valence-corrected chi connectivity index (χ3v) is 14.3. The van der Waals surface area contributed by atoms with Gasteiger partial charge in [0.15, 0.2) is 24.2 Å². The number of aliphatic hydroxyl groups is 2. The summed E-state index contributed by atoms with van der Waals surface area (Å²) in [7, 11) is 3.14. The Labute approximate surface area is 366 Å². The van der Waals surface area contributed by atoms with Gasteiger partial charge in [-0.2, -0.15) is 0 Å². The normalized spacial score (nSPS) is 48.0. The van der Waals surface area contributed by atoms with Crippen LogP contribution in [0.2, 0.25) is 0 Å². The van der Waals surface area contributed by atoms with Crippen LogP contribution in [0.15, 0.2) is 59.3 Å². The van der Waals surface area contributed by atoms with Crippen molar-refractivity contribution in [2.75, 3.05) is 20.8 Å². The second kappa shape index (κ2) is 19.5. The number of aliphatic hydroxyl groups excluding tert-OH is 1. The van der Waals surface area contributed by atoms with Crippen LogP contribution in [0.3, 0.4) is 0 Å². The number of carbonyl (C=O) groups excluding carboxylic acids is 2. The number of hydrogen-bond donors (Lipinski definition) is 2. The molecule has 4 saturated heterocycles. The molecule has 4 fully saturated rings. The summed E-state index contributed by atoms with van der Waals surface area (Å²) < 4.78 is 63.4. The molecule has 7 rings (SSSR count). The van der Waals surface area contributed by atoms with Crippen LogP contribution in [0.1, 0.15) is 93.9 Å². The van der Waals surface area contributed by atoms with E-state index in [0.29, 0.717) is 30.4 Å². The molecule has 0 saturated carbocycles. The molecule has 19 atom stereocenters. The maximum absolute atomic E-state index is 14.3. The van der Waals surface area contributed by atoms with Gasteiger partial charge in [0.25, 0.3) is 0 Å². The Morgan fingerprint density at radius 1 is 0.919 bits per heavy atom. The van der Waals surface area contributed by atoms with Gasteiger partial charge in [-0.25, -0.2) is 0 Å². The summed E-state index contributed by atoms with van der Waals surface area (Å²) in [5.74, 6) is -2.70. The first-order valence-corrected chi connectivity index (χ1v) is 22.7. The smallest absolute Gasteiger partial charge is 0.316 e. The molecule has 6 heterocycles. The highest BCUT2D eigenvalue weighted by Crippen LogP contribution is 2.47. The van der Waals surface area contributed by atoms with Crippen LogP contribution in [0.5, 0.6) is 0 Å². The minimum Gasteiger partial charge on any atom is -0.462 e. The number of fused-ring (bicyclic) bond motifs is 2. The number of esters is 1. The molecule has 0 aromatic heterocycles. The fraction of sp³-hybridized carbons (Fsp3) is 0.750. The average molecular weight is 871 g/mol. The van der Waals surface area contributed by atoms with Crippen molar-refractivity contribution in [1.82, 2.24) is 0 Å². The first-order chi connectivity index (χ1) is 29.5. The number of carbonyl (C=O) groups is 2. The molecule has 62 heavy (non-hydrogen) atoms. The van der Waals surface area contributed by atoms with Crippen LogP contribution in [-0.4, -0.2) is 134 Å². The molecule has 0 radical (unpaired) electrons. The Balaban J connectivity index is 1.18. The zero-order valence-corrected chi connectivity index (χ0v) is 38.1. The lowest BCUT2D eigenvalue weighted by Gasteiger charge is -2.48. The van der Waals surface area contributed by atoms with E-state index in [9.17, 15) is 19.8 Å². The van der Waals surface area contributed by atoms with Crippen molar-refractivity contribution < 1.29 is 67.2 Å². The summed E-state index contributed by atoms with van der Waals surface area (Å²) in [4.78, 5) is 26.9. The third-order valence-electron chi connectivity index (χ3n) is 14.3. The van der Waals surface area contributed by atoms with Crippen LogP contribution in [-0.2, 0) is 57.0 Å². The lowest BCUT2D eigenvalue weighted by molar-refractivity contribution is -0.305. The molecule has 2 bridgehead atoms. The van der Waals surface area contributed by atoms with Crippen LogP contribution in [0.25, 0.3) is 0 Å². The van der Waals surface area contributed by atoms with E-state index in [-0.39, 0.29) is 49.1 Å². The molecule has 1 aliphatic carbocycles. The number of ether oxygens (including phenoxy) is 10. The van der Waals surface area contributed by atoms with Gasteiger partial charge in [-0.15, -0.1) is 0 Å². The molecular formula is C48H70O14. The number of Topliss-reactive ketones (excluding diaryl/α,β-unsaturated/α-hetero) is 1. The highest BCUT2D eigenvalue weighted by atomic mass is 16.7. The van der Waals surface area contributed by atoms with Crippen molar-refractivity contribution in [3.05, 3.63) is 59.3 Å². The summed E-state index contributed by atoms with van der Waals surface area (Å²) in [6, 6.07) is 0. The van der Waals surface area contributed by atoms with Gasteiger partial charge in [-0.3, -0.25) is 9.59 Å². The molecule has 0 unspecified atom stereocenters. The zero-order valence-electron chi connectivity index (χ0n) is 38.1. The van der Waals surface area contributed by atoms with Gasteiger partial charge in [-0.05, 0) is 62.8 Å². The molecule has 14 nitrogen and oxygen atoms in total. The van der Waals surface area contributed by atoms with Gasteiger partial charge in [-0.1, -0.05) is 70.6 Å². The van der Waals surface area contributed by atoms with Crippen molar-refractivity contribution in [3.63, 3.8) is 0 Å². The Morgan fingerprint density at radius 3 is 2.40 bits per heavy atom. The summed E-state index contributed by atoms with van der Waals surface area (Å²) in [6.45, 7) is 15.9. The number of methoxy groups -OCH3 is 2. The van der Waals surface area contributed by atoms with Crippen LogP contribution in [0.4, 0.5) is 0 Å². The topological polar surface area (TPSA) is 167 Å². The van der Waals surface area contributed by atoms with Gasteiger partial charge in [0.05, 0.1) is 37.1 Å². The number of hydrogen-bond acceptors (Lipinski definition) is 14. The first kappa shape index (κ1) is 47.4. The summed E-state index contributed by atoms with van der Waals surface area (Å²) in [5.41, 5.74) is 0.113. The fourth-order valence-corrected chi connectivity index (χ4v) is 10.4. The lowest BCUT2D eigenvalue weighted by Crippen LogP contribution is -2.58. The highest BCUT2D eigenvalue weighted by molar-refractivity contribution is 5.87. The predicted octanol–water partition coefficient (Wildman–Crippen LogP) is 5.59. The van der Waals surface area contributed by atoms with E-state index in [2.05, 4.69) is 39.8 Å². The van der Waals surface area contributed by atoms with E-state index in [1.54, 1.807) is 33.1 Å². The van der Waals surface area contributed by atoms with E-state index in [1.165, 1.54) is 7.11 Å². The first-order valence-electron chi connectivity index (χ1n) is 22.7. The predicted molar refractivity (Wildman–Crippen MR) is 226 cm³/mol. The molecule has 0 aromatic carbocycles. The molecule has 7 aliphatic rings. The minimum absolute atomic E-state index is 0.0274. The quantitative estimate of drug-likeness (QED) is 0.229. The van der Waals surface area contributed by atoms with Gasteiger partial charge >= 0.3 is 5.97 Å². The molecule has 1 spiro atoms. The molecule has 6 aliphatic heterocycles. The van der Waals surface area contributed by atoms with E-state index in [4.69, 9.17) is 47.4 Å². The van der Waals surface area contributed by atoms with E-state index in [1.807, 2.05) is 32.1 Å². The van der Waals surface area contributed by atoms with Crippen LogP contribution in [0, 0.1) is 23.7 Å². The summed E-state index contributed by atoms with van der Waals surface area (Å²) in [5, 5.41) is 23.7. The summed E-state index contributed by atoms with van der Waals surface area (Å²) in [6.07, 6.45) is 8.56. The highest BCUT2D eigenvalue weighted by Gasteiger charge is 2.60. The zero-order chi connectivity index (χ0) is 44.7. The Kier molecular flexibility index (Phi) is 14.9. The third kappa shape index (κ3) is 9.53. The molecule has 14 heteroatoms. The van der Waals surface area contributed by atoms with Crippen molar-refractivity contribution in [3.8, 4) is 0 Å². The van der Waals surface area contributed by atoms with Crippen molar-refractivity contribution in [2.45, 2.75) is 185 Å². The van der Waals surface area contributed by atoms with Crippen molar-refractivity contribution in [2.24, 2.45) is 23.7 Å². The van der Waals surface area contributed by atoms with Gasteiger partial charge in [0.1, 0.15) is 48.1 Å². The Morgan fingerprint density at radius 2 is 1.68 bits per heavy atom. The molecule has 0 aromatic rings. The molecular weight excluding hydrogens is 801 g/mol. The number of allylic oxidation sites excluding steroid dienone is 2. The van der Waals surface area contributed by atoms with E-state index in [0.717, 1.165) is 12.0 Å². The van der Waals surface area contributed by atoms with Gasteiger partial charge in [0, 0.05) is 51.7 Å². The van der Waals surface area contributed by atoms with Crippen LogP contribution < -0.4 is 0 Å². The van der Waals surface area contributed by atoms with Crippen molar-refractivity contribution >= 4 is 11.8 Å². The van der Waals surface area contributed by atoms with Crippen LogP contribution >= 0.6 is 0 Å². The van der Waals surface area contributed by atoms with E-state index < -0.39 is 96.9 Å². The monoisotopic (exact) mass is 870 g/mol. The molecule has 0 amide bonds. The fourth-order valence-electron chi connectivity index (χ4n) is 10.4. The second-order valence-electron chi connectivity index (χ2n) is 18.8. The second-order valence-corrected chi connectivity index (χ2v) is 18.8. The standard InChI is InChI=1S/C48H70O14/c1-11-25(2)43-28(5)17-18-47(62-43)23-34-20-33(61-47)16-15-27(4)42(26(3)13-12-14-32-24-55-45-40(49)29(6)19-35(46(51)58-34)48(32,45)52)59-39-22-37(54-10)44(31(8)57-39)60-38-21-36(53-9)41(50)30(7)56-38/h12-15,17-19,25-26,28,30-31,33-40,42-45,49,52H,11,16,20-24H2,1-10H3/b13-12+,27-15+,32-14+/t25-,26+,28+,30+,31+,33-,34+,35+,36+,37+,38+,39+,40-,42+,43-,44+,45-,47-,48-/m1/s1. The van der Waals surface area contributed by atoms with E-state index >= 15 is 0 Å². The van der Waals surface area contributed by atoms with Crippen molar-refractivity contribution in [1.29, 1.82) is 0 Å². The Bertz CT molecular complexity index is 1770.